The Hall–Kier alpha value is -3.89. The third kappa shape index (κ3) is 4.13. The zero-order chi connectivity index (χ0) is 22.8. The van der Waals surface area contributed by atoms with Crippen molar-refractivity contribution in [2.75, 3.05) is 43.7 Å². The van der Waals surface area contributed by atoms with E-state index in [1.807, 2.05) is 11.0 Å². The lowest BCUT2D eigenvalue weighted by atomic mass is 10.1. The van der Waals surface area contributed by atoms with Crippen LogP contribution >= 0.6 is 0 Å². The third-order valence-electron chi connectivity index (χ3n) is 5.87. The summed E-state index contributed by atoms with van der Waals surface area (Å²) in [4.78, 5) is 32.5. The largest absolute Gasteiger partial charge is 0.491 e. The molecule has 0 N–H and O–H groups in total. The highest BCUT2D eigenvalue weighted by atomic mass is 16.5. The van der Waals surface area contributed by atoms with E-state index in [1.54, 1.807) is 26.7 Å². The molecule has 1 atom stereocenters. The molecule has 172 valence electrons. The lowest BCUT2D eigenvalue weighted by molar-refractivity contribution is 0.111. The Kier molecular flexibility index (Phi) is 5.68. The van der Waals surface area contributed by atoms with E-state index >= 15 is 0 Å². The molecule has 33 heavy (non-hydrogen) atoms. The van der Waals surface area contributed by atoms with Gasteiger partial charge < -0.3 is 28.4 Å². The van der Waals surface area contributed by atoms with Crippen molar-refractivity contribution in [3.63, 3.8) is 0 Å². The van der Waals surface area contributed by atoms with Crippen LogP contribution in [0.4, 0.5) is 11.7 Å². The molecule has 1 saturated heterocycles. The Labute approximate surface area is 190 Å². The van der Waals surface area contributed by atoms with Crippen molar-refractivity contribution in [3.8, 4) is 17.5 Å². The van der Waals surface area contributed by atoms with Gasteiger partial charge in [-0.3, -0.25) is 4.79 Å². The fourth-order valence-electron chi connectivity index (χ4n) is 4.16. The lowest BCUT2D eigenvalue weighted by Crippen LogP contribution is -2.32. The zero-order valence-corrected chi connectivity index (χ0v) is 18.4. The number of nitrogens with zero attached hydrogens (tertiary/aromatic N) is 6. The van der Waals surface area contributed by atoms with E-state index in [0.29, 0.717) is 42.9 Å². The lowest BCUT2D eigenvalue weighted by Gasteiger charge is -2.31. The Bertz CT molecular complexity index is 1150. The van der Waals surface area contributed by atoms with Crippen LogP contribution in [0.2, 0.25) is 0 Å². The molecule has 0 bridgehead atoms. The molecule has 0 aromatic carbocycles. The molecule has 0 saturated carbocycles. The van der Waals surface area contributed by atoms with Crippen LogP contribution in [-0.2, 0) is 13.0 Å². The molecule has 3 aromatic heterocycles. The summed E-state index contributed by atoms with van der Waals surface area (Å²) >= 11 is 0. The number of hydrogen-bond acceptors (Lipinski definition) is 11. The van der Waals surface area contributed by atoms with Crippen molar-refractivity contribution in [1.29, 1.82) is 0 Å². The topological polar surface area (TPSA) is 116 Å². The van der Waals surface area contributed by atoms with E-state index in [1.165, 1.54) is 6.26 Å². The van der Waals surface area contributed by atoms with Gasteiger partial charge in [0.1, 0.15) is 24.4 Å². The molecule has 0 amide bonds. The minimum atomic E-state index is -0.0753. The summed E-state index contributed by atoms with van der Waals surface area (Å²) in [6, 6.07) is 2.35. The summed E-state index contributed by atoms with van der Waals surface area (Å²) in [6.45, 7) is 2.71. The van der Waals surface area contributed by atoms with E-state index in [2.05, 4.69) is 24.8 Å². The molecule has 0 radical (unpaired) electrons. The quantitative estimate of drug-likeness (QED) is 0.489. The van der Waals surface area contributed by atoms with Gasteiger partial charge in [0.25, 0.3) is 11.9 Å². The number of aromatic nitrogens is 4. The van der Waals surface area contributed by atoms with Crippen molar-refractivity contribution in [1.82, 2.24) is 19.9 Å². The van der Waals surface area contributed by atoms with Crippen molar-refractivity contribution in [3.05, 3.63) is 41.8 Å². The Morgan fingerprint density at radius 2 is 2.03 bits per heavy atom. The molecule has 5 heterocycles. The number of fused-ring (bicyclic) bond motifs is 1. The smallest absolute Gasteiger partial charge is 0.297 e. The monoisotopic (exact) mass is 452 g/mol. The van der Waals surface area contributed by atoms with E-state index in [0.717, 1.165) is 42.9 Å². The van der Waals surface area contributed by atoms with E-state index < -0.39 is 0 Å². The number of oxazole rings is 1. The molecule has 3 aromatic rings. The van der Waals surface area contributed by atoms with Crippen LogP contribution < -0.4 is 24.0 Å². The van der Waals surface area contributed by atoms with Gasteiger partial charge in [-0.2, -0.15) is 4.98 Å². The number of carbonyl (C=O) groups is 1. The molecule has 1 unspecified atom stereocenters. The van der Waals surface area contributed by atoms with Gasteiger partial charge >= 0.3 is 0 Å². The van der Waals surface area contributed by atoms with Gasteiger partial charge in [-0.15, -0.1) is 0 Å². The zero-order valence-electron chi connectivity index (χ0n) is 18.4. The minimum absolute atomic E-state index is 0.0753. The highest BCUT2D eigenvalue weighted by molar-refractivity contribution is 5.71. The average molecular weight is 452 g/mol. The molecule has 11 heteroatoms. The van der Waals surface area contributed by atoms with Crippen LogP contribution in [0, 0.1) is 0 Å². The van der Waals surface area contributed by atoms with E-state index in [9.17, 15) is 4.79 Å². The Morgan fingerprint density at radius 1 is 1.12 bits per heavy atom. The van der Waals surface area contributed by atoms with Crippen LogP contribution in [-0.4, -0.2) is 66.2 Å². The molecule has 1 fully saturated rings. The van der Waals surface area contributed by atoms with Crippen molar-refractivity contribution >= 4 is 18.0 Å². The number of anilines is 2. The standard InChI is InChI=1S/C22H24N6O5/c1-30-19-7-15(8-23-21(19)31-2)27-6-4-18-17(10-27)20(25-13-24-18)33-16-3-5-28(9-16)22-26-14(11-29)12-32-22/h7-8,11-13,16H,3-6,9-10H2,1-2H3. The molecule has 0 spiro atoms. The molecular weight excluding hydrogens is 428 g/mol. The summed E-state index contributed by atoms with van der Waals surface area (Å²) in [5, 5.41) is 0. The molecule has 0 aliphatic carbocycles. The highest BCUT2D eigenvalue weighted by Gasteiger charge is 2.30. The first-order valence-corrected chi connectivity index (χ1v) is 10.7. The maximum Gasteiger partial charge on any atom is 0.297 e. The predicted octanol–water partition coefficient (Wildman–Crippen LogP) is 1.91. The van der Waals surface area contributed by atoms with Gasteiger partial charge in [0.15, 0.2) is 12.0 Å². The van der Waals surface area contributed by atoms with Gasteiger partial charge in [-0.1, -0.05) is 0 Å². The summed E-state index contributed by atoms with van der Waals surface area (Å²) < 4.78 is 22.4. The van der Waals surface area contributed by atoms with Crippen LogP contribution in [0.3, 0.4) is 0 Å². The van der Waals surface area contributed by atoms with Gasteiger partial charge in [-0.05, 0) is 0 Å². The van der Waals surface area contributed by atoms with Crippen LogP contribution in [0.25, 0.3) is 0 Å². The maximum absolute atomic E-state index is 10.9. The Morgan fingerprint density at radius 3 is 2.82 bits per heavy atom. The molecule has 2 aliphatic rings. The number of pyridine rings is 1. The second-order valence-corrected chi connectivity index (χ2v) is 7.83. The van der Waals surface area contributed by atoms with Gasteiger partial charge in [0.2, 0.25) is 5.88 Å². The van der Waals surface area contributed by atoms with Gasteiger partial charge in [0, 0.05) is 32.0 Å². The molecule has 2 aliphatic heterocycles. The first-order valence-electron chi connectivity index (χ1n) is 10.7. The maximum atomic E-state index is 10.9. The first kappa shape index (κ1) is 21.0. The summed E-state index contributed by atoms with van der Waals surface area (Å²) in [5.74, 6) is 1.62. The van der Waals surface area contributed by atoms with E-state index in [-0.39, 0.29) is 11.8 Å². The number of methoxy groups -OCH3 is 2. The normalized spacial score (nSPS) is 17.6. The molecule has 11 nitrogen and oxygen atoms in total. The Balaban J connectivity index is 1.31. The van der Waals surface area contributed by atoms with Crippen molar-refractivity contribution in [2.45, 2.75) is 25.5 Å². The molecular formula is C22H24N6O5. The fourth-order valence-corrected chi connectivity index (χ4v) is 4.16. The number of ether oxygens (including phenoxy) is 3. The van der Waals surface area contributed by atoms with Gasteiger partial charge in [-0.25, -0.2) is 15.0 Å². The highest BCUT2D eigenvalue weighted by Crippen LogP contribution is 2.33. The van der Waals surface area contributed by atoms with Crippen LogP contribution in [0.1, 0.15) is 28.2 Å². The molecule has 5 rings (SSSR count). The number of hydrogen-bond donors (Lipinski definition) is 0. The van der Waals surface area contributed by atoms with Crippen molar-refractivity contribution < 1.29 is 23.4 Å². The summed E-state index contributed by atoms with van der Waals surface area (Å²) in [7, 11) is 3.16. The van der Waals surface area contributed by atoms with Crippen molar-refractivity contribution in [2.24, 2.45) is 0 Å². The fraction of sp³-hybridized carbons (Fsp3) is 0.409. The SMILES string of the molecule is COc1cc(N2CCc3ncnc(OC4CCN(c5nc(C=O)co5)C4)c3C2)cnc1OC. The summed E-state index contributed by atoms with van der Waals surface area (Å²) in [6.07, 6.45) is 6.84. The second-order valence-electron chi connectivity index (χ2n) is 7.83. The van der Waals surface area contributed by atoms with Crippen LogP contribution in [0.15, 0.2) is 29.3 Å². The third-order valence-corrected chi connectivity index (χ3v) is 5.87. The average Bonchev–Trinajstić information content (AvgIpc) is 3.53. The summed E-state index contributed by atoms with van der Waals surface area (Å²) in [5.41, 5.74) is 3.17. The first-order chi connectivity index (χ1) is 16.2. The second kappa shape index (κ2) is 8.93. The number of carbonyl (C=O) groups excluding carboxylic acids is 1. The van der Waals surface area contributed by atoms with E-state index in [4.69, 9.17) is 18.6 Å². The minimum Gasteiger partial charge on any atom is -0.491 e. The van der Waals surface area contributed by atoms with Gasteiger partial charge in [0.05, 0.1) is 50.5 Å². The predicted molar refractivity (Wildman–Crippen MR) is 117 cm³/mol. The van der Waals surface area contributed by atoms with Crippen LogP contribution in [0.5, 0.6) is 17.5 Å². The number of rotatable bonds is 7. The number of aldehydes is 1.